The van der Waals surface area contributed by atoms with Crippen LogP contribution >= 0.6 is 0 Å². The molecule has 134 valence electrons. The van der Waals surface area contributed by atoms with Gasteiger partial charge in [-0.3, -0.25) is 4.90 Å². The molecule has 2 atom stereocenters. The van der Waals surface area contributed by atoms with E-state index in [1.165, 1.54) is 23.3 Å². The van der Waals surface area contributed by atoms with Crippen molar-refractivity contribution in [1.82, 2.24) is 4.90 Å². The van der Waals surface area contributed by atoms with Crippen LogP contribution in [0.4, 0.5) is 4.39 Å². The van der Waals surface area contributed by atoms with Crippen molar-refractivity contribution in [3.8, 4) is 0 Å². The lowest BCUT2D eigenvalue weighted by molar-refractivity contribution is 0.0484. The van der Waals surface area contributed by atoms with Crippen LogP contribution in [0, 0.1) is 5.82 Å². The zero-order chi connectivity index (χ0) is 18.4. The number of benzene rings is 3. The molecule has 3 rings (SSSR count). The summed E-state index contributed by atoms with van der Waals surface area (Å²) in [4.78, 5) is 2.25. The fraction of sp³-hybridized carbons (Fsp3) is 0.217. The Morgan fingerprint density at radius 3 is 1.69 bits per heavy atom. The third kappa shape index (κ3) is 4.78. The smallest absolute Gasteiger partial charge is 0.123 e. The lowest BCUT2D eigenvalue weighted by Gasteiger charge is -2.33. The van der Waals surface area contributed by atoms with Gasteiger partial charge in [-0.1, -0.05) is 72.8 Å². The van der Waals surface area contributed by atoms with E-state index in [1.54, 1.807) is 12.1 Å². The molecule has 0 aromatic heterocycles. The van der Waals surface area contributed by atoms with E-state index < -0.39 is 6.10 Å². The van der Waals surface area contributed by atoms with Gasteiger partial charge in [-0.25, -0.2) is 4.39 Å². The highest BCUT2D eigenvalue weighted by molar-refractivity contribution is 5.21. The molecule has 0 saturated heterocycles. The molecule has 0 saturated carbocycles. The minimum Gasteiger partial charge on any atom is -0.387 e. The highest BCUT2D eigenvalue weighted by Gasteiger charge is 2.23. The van der Waals surface area contributed by atoms with Gasteiger partial charge in [0, 0.05) is 19.1 Å². The van der Waals surface area contributed by atoms with E-state index in [0.717, 1.165) is 18.7 Å². The Kier molecular flexibility index (Phi) is 6.16. The van der Waals surface area contributed by atoms with Crippen LogP contribution in [0.15, 0.2) is 84.9 Å². The molecule has 0 aliphatic heterocycles. The van der Waals surface area contributed by atoms with Crippen molar-refractivity contribution in [2.75, 3.05) is 0 Å². The van der Waals surface area contributed by atoms with E-state index in [4.69, 9.17) is 0 Å². The number of aliphatic hydroxyl groups excluding tert-OH is 1. The van der Waals surface area contributed by atoms with Gasteiger partial charge in [0.15, 0.2) is 0 Å². The summed E-state index contributed by atoms with van der Waals surface area (Å²) < 4.78 is 13.2. The summed E-state index contributed by atoms with van der Waals surface area (Å²) in [6.45, 7) is 3.48. The van der Waals surface area contributed by atoms with Gasteiger partial charge >= 0.3 is 0 Å². The van der Waals surface area contributed by atoms with Crippen molar-refractivity contribution in [1.29, 1.82) is 0 Å². The third-order valence-electron chi connectivity index (χ3n) is 4.70. The molecule has 0 heterocycles. The van der Waals surface area contributed by atoms with Crippen LogP contribution < -0.4 is 0 Å². The predicted molar refractivity (Wildman–Crippen MR) is 103 cm³/mol. The Balaban J connectivity index is 1.82. The molecule has 0 aliphatic rings. The molecule has 0 aliphatic carbocycles. The van der Waals surface area contributed by atoms with Crippen molar-refractivity contribution in [3.05, 3.63) is 107 Å². The quantitative estimate of drug-likeness (QED) is 0.653. The average molecular weight is 348 g/mol. The van der Waals surface area contributed by atoms with Crippen LogP contribution in [-0.2, 0) is 13.1 Å². The molecule has 3 aromatic carbocycles. The molecule has 1 N–H and O–H groups in total. The molecular weight excluding hydrogens is 324 g/mol. The van der Waals surface area contributed by atoms with Crippen LogP contribution in [-0.4, -0.2) is 16.0 Å². The van der Waals surface area contributed by atoms with Gasteiger partial charge in [-0.15, -0.1) is 0 Å². The molecule has 0 unspecified atom stereocenters. The van der Waals surface area contributed by atoms with Crippen LogP contribution in [0.3, 0.4) is 0 Å². The maximum absolute atomic E-state index is 13.2. The lowest BCUT2D eigenvalue weighted by Crippen LogP contribution is -2.36. The summed E-state index contributed by atoms with van der Waals surface area (Å²) in [6, 6.07) is 26.4. The van der Waals surface area contributed by atoms with Crippen molar-refractivity contribution >= 4 is 0 Å². The number of nitrogens with zero attached hydrogens (tertiary/aromatic N) is 1. The van der Waals surface area contributed by atoms with Gasteiger partial charge < -0.3 is 5.11 Å². The minimum atomic E-state index is -0.692. The predicted octanol–water partition coefficient (Wildman–Crippen LogP) is 4.95. The molecule has 0 spiro atoms. The molecular formula is C23H24FNO. The first-order chi connectivity index (χ1) is 12.6. The van der Waals surface area contributed by atoms with Crippen molar-refractivity contribution in [2.24, 2.45) is 0 Å². The van der Waals surface area contributed by atoms with Crippen LogP contribution in [0.25, 0.3) is 0 Å². The minimum absolute atomic E-state index is 0.124. The number of halogens is 1. The van der Waals surface area contributed by atoms with E-state index in [-0.39, 0.29) is 11.9 Å². The fourth-order valence-electron chi connectivity index (χ4n) is 3.12. The van der Waals surface area contributed by atoms with E-state index in [9.17, 15) is 9.50 Å². The summed E-state index contributed by atoms with van der Waals surface area (Å²) in [5, 5.41) is 10.8. The van der Waals surface area contributed by atoms with Crippen molar-refractivity contribution in [2.45, 2.75) is 32.2 Å². The highest BCUT2D eigenvalue weighted by atomic mass is 18.2. The maximum atomic E-state index is 13.2. The van der Waals surface area contributed by atoms with Crippen molar-refractivity contribution < 1.29 is 9.50 Å². The molecule has 0 radical (unpaired) electrons. The van der Waals surface area contributed by atoms with E-state index >= 15 is 0 Å². The monoisotopic (exact) mass is 348 g/mol. The van der Waals surface area contributed by atoms with E-state index in [0.29, 0.717) is 0 Å². The first-order valence-electron chi connectivity index (χ1n) is 8.89. The highest BCUT2D eigenvalue weighted by Crippen LogP contribution is 2.24. The Bertz CT molecular complexity index is 748. The van der Waals surface area contributed by atoms with Crippen molar-refractivity contribution in [3.63, 3.8) is 0 Å². The van der Waals surface area contributed by atoms with Crippen LogP contribution in [0.2, 0.25) is 0 Å². The van der Waals surface area contributed by atoms with E-state index in [1.807, 2.05) is 43.3 Å². The molecule has 3 aromatic rings. The zero-order valence-corrected chi connectivity index (χ0v) is 14.9. The van der Waals surface area contributed by atoms with Gasteiger partial charge in [0.2, 0.25) is 0 Å². The largest absolute Gasteiger partial charge is 0.387 e. The maximum Gasteiger partial charge on any atom is 0.123 e. The molecule has 3 heteroatoms. The van der Waals surface area contributed by atoms with Crippen LogP contribution in [0.5, 0.6) is 0 Å². The van der Waals surface area contributed by atoms with Gasteiger partial charge in [-0.05, 0) is 35.7 Å². The molecule has 0 bridgehead atoms. The summed E-state index contributed by atoms with van der Waals surface area (Å²) >= 11 is 0. The molecule has 0 amide bonds. The Morgan fingerprint density at radius 1 is 0.769 bits per heavy atom. The molecule has 2 nitrogen and oxygen atoms in total. The summed E-state index contributed by atoms with van der Waals surface area (Å²) in [7, 11) is 0. The fourth-order valence-corrected chi connectivity index (χ4v) is 3.12. The SMILES string of the molecule is C[C@@H]([C@H](O)c1ccc([18F])cc1)N(Cc1ccccc1)Cc1ccccc1. The molecule has 26 heavy (non-hydrogen) atoms. The first kappa shape index (κ1) is 18.3. The number of aliphatic hydroxyl groups is 1. The second kappa shape index (κ2) is 8.75. The number of hydrogen-bond donors (Lipinski definition) is 1. The number of rotatable bonds is 7. The lowest BCUT2D eigenvalue weighted by atomic mass is 10.0. The van der Waals surface area contributed by atoms with Gasteiger partial charge in [0.05, 0.1) is 6.10 Å². The van der Waals surface area contributed by atoms with Gasteiger partial charge in [0.1, 0.15) is 5.82 Å². The van der Waals surface area contributed by atoms with Gasteiger partial charge in [-0.2, -0.15) is 0 Å². The Labute approximate surface area is 154 Å². The van der Waals surface area contributed by atoms with Crippen LogP contribution in [0.1, 0.15) is 29.7 Å². The second-order valence-electron chi connectivity index (χ2n) is 6.61. The number of hydrogen-bond acceptors (Lipinski definition) is 2. The Morgan fingerprint density at radius 2 is 1.23 bits per heavy atom. The average Bonchev–Trinajstić information content (AvgIpc) is 2.68. The summed E-state index contributed by atoms with van der Waals surface area (Å²) in [5.74, 6) is -0.293. The third-order valence-corrected chi connectivity index (χ3v) is 4.70. The zero-order valence-electron chi connectivity index (χ0n) is 14.9. The summed E-state index contributed by atoms with van der Waals surface area (Å²) in [6.07, 6.45) is -0.692. The van der Waals surface area contributed by atoms with Gasteiger partial charge in [0.25, 0.3) is 0 Å². The first-order valence-corrected chi connectivity index (χ1v) is 8.89. The molecule has 0 fully saturated rings. The van der Waals surface area contributed by atoms with E-state index in [2.05, 4.69) is 29.2 Å². The summed E-state index contributed by atoms with van der Waals surface area (Å²) in [5.41, 5.74) is 3.12. The topological polar surface area (TPSA) is 23.5 Å². The normalized spacial score (nSPS) is 13.5. The second-order valence-corrected chi connectivity index (χ2v) is 6.61. The standard InChI is InChI=1S/C23H24FNO/c1-18(23(26)21-12-14-22(24)15-13-21)25(16-19-8-4-2-5-9-19)17-20-10-6-3-7-11-20/h2-15,18,23,26H,16-17H2,1H3/t18-,23-/m0/s1/i24-1. The Hall–Kier alpha value is -2.49.